The van der Waals surface area contributed by atoms with E-state index in [1.54, 1.807) is 12.1 Å². The van der Waals surface area contributed by atoms with Crippen LogP contribution in [0.2, 0.25) is 0 Å². The van der Waals surface area contributed by atoms with Gasteiger partial charge >= 0.3 is 12.3 Å². The molecule has 10 heteroatoms. The van der Waals surface area contributed by atoms with Gasteiger partial charge in [-0.05, 0) is 19.1 Å². The van der Waals surface area contributed by atoms with Gasteiger partial charge in [0, 0.05) is 24.5 Å². The molecule has 2 heterocycles. The van der Waals surface area contributed by atoms with E-state index >= 15 is 0 Å². The number of quaternary nitrogens is 1. The van der Waals surface area contributed by atoms with Gasteiger partial charge in [0.2, 0.25) is 0 Å². The van der Waals surface area contributed by atoms with E-state index in [-0.39, 0.29) is 23.5 Å². The highest BCUT2D eigenvalue weighted by Gasteiger charge is 2.52. The van der Waals surface area contributed by atoms with Crippen LogP contribution in [0, 0.1) is 5.82 Å². The number of hydrogen-bond acceptors (Lipinski definition) is 4. The summed E-state index contributed by atoms with van der Waals surface area (Å²) in [6.07, 6.45) is -3.90. The van der Waals surface area contributed by atoms with Crippen molar-refractivity contribution in [3.63, 3.8) is 0 Å². The maximum absolute atomic E-state index is 14.0. The van der Waals surface area contributed by atoms with Crippen LogP contribution in [-0.2, 0) is 16.1 Å². The number of amides is 1. The van der Waals surface area contributed by atoms with E-state index in [1.807, 2.05) is 24.3 Å². The minimum atomic E-state index is -5.19. The van der Waals surface area contributed by atoms with Crippen LogP contribution in [0.1, 0.15) is 25.3 Å². The molecule has 2 saturated heterocycles. The highest BCUT2D eigenvalue weighted by Crippen LogP contribution is 2.40. The standard InChI is InChI=1S/C21H23FN2O2.C2HF3O2/c1-16-13-21(15-26-20(25)23-21)10-11-24(16,14-17-6-3-2-4-7-17)19-9-5-8-18(22)12-19;3-2(4,5)1(6)7/h2-9,12,16H,10-11,13-15H2,1H3;(H,6,7). The van der Waals surface area contributed by atoms with Crippen molar-refractivity contribution in [3.8, 4) is 0 Å². The number of carbonyl (C=O) groups is 2. The lowest BCUT2D eigenvalue weighted by Crippen LogP contribution is -2.65. The lowest BCUT2D eigenvalue weighted by atomic mass is 9.82. The van der Waals surface area contributed by atoms with Crippen LogP contribution in [0.3, 0.4) is 0 Å². The van der Waals surface area contributed by atoms with Gasteiger partial charge in [-0.25, -0.2) is 9.18 Å². The third-order valence-corrected chi connectivity index (χ3v) is 6.23. The molecule has 0 radical (unpaired) electrons. The van der Waals surface area contributed by atoms with Gasteiger partial charge in [-0.1, -0.05) is 36.4 Å². The highest BCUT2D eigenvalue weighted by molar-refractivity contribution is 5.71. The van der Waals surface area contributed by atoms with Gasteiger partial charge in [0.15, 0.2) is 0 Å². The summed E-state index contributed by atoms with van der Waals surface area (Å²) < 4.78 is 51.4. The summed E-state index contributed by atoms with van der Waals surface area (Å²) in [6, 6.07) is 17.5. The quantitative estimate of drug-likeness (QED) is 0.554. The Balaban J connectivity index is 0.000000383. The molecule has 1 spiro atoms. The summed E-state index contributed by atoms with van der Waals surface area (Å²) in [5.41, 5.74) is 1.93. The number of piperidine rings is 1. The number of cyclic esters (lactones) is 1. The fourth-order valence-electron chi connectivity index (χ4n) is 4.59. The zero-order valence-electron chi connectivity index (χ0n) is 17.9. The Hall–Kier alpha value is -3.14. The second-order valence-electron chi connectivity index (χ2n) is 8.45. The maximum atomic E-state index is 14.0. The van der Waals surface area contributed by atoms with E-state index < -0.39 is 12.1 Å². The number of carboxylic acid groups (broad SMARTS) is 1. The molecule has 0 aliphatic carbocycles. The molecule has 1 amide bonds. The Kier molecular flexibility index (Phi) is 6.97. The van der Waals surface area contributed by atoms with Gasteiger partial charge in [0.05, 0.1) is 18.1 Å². The van der Waals surface area contributed by atoms with Crippen molar-refractivity contribution in [2.75, 3.05) is 13.2 Å². The summed E-state index contributed by atoms with van der Waals surface area (Å²) in [5, 5.41) is 11.8. The third kappa shape index (κ3) is 5.62. The average Bonchev–Trinajstić information content (AvgIpc) is 3.11. The molecule has 6 nitrogen and oxygen atoms in total. The Bertz CT molecular complexity index is 1000. The highest BCUT2D eigenvalue weighted by atomic mass is 19.4. The fraction of sp³-hybridized carbons (Fsp3) is 0.391. The first-order valence-corrected chi connectivity index (χ1v) is 10.4. The molecule has 3 unspecified atom stereocenters. The Morgan fingerprint density at radius 1 is 1.21 bits per heavy atom. The van der Waals surface area contributed by atoms with E-state index in [9.17, 15) is 22.4 Å². The smallest absolute Gasteiger partial charge is 0.430 e. The monoisotopic (exact) mass is 468 g/mol. The van der Waals surface area contributed by atoms with E-state index in [0.717, 1.165) is 31.6 Å². The number of carboxylic acids is 1. The number of halogens is 4. The van der Waals surface area contributed by atoms with Crippen molar-refractivity contribution in [2.24, 2.45) is 0 Å². The number of ether oxygens (including phenoxy) is 1. The molecule has 2 aromatic carbocycles. The number of nitrogens with zero attached hydrogens (tertiary/aromatic N) is 1. The van der Waals surface area contributed by atoms with Crippen LogP contribution in [0.25, 0.3) is 0 Å². The summed E-state index contributed by atoms with van der Waals surface area (Å²) in [7, 11) is 0. The van der Waals surface area contributed by atoms with Crippen LogP contribution in [0.5, 0.6) is 0 Å². The van der Waals surface area contributed by atoms with Gasteiger partial charge in [-0.3, -0.25) is 4.48 Å². The van der Waals surface area contributed by atoms with Crippen molar-refractivity contribution in [1.29, 1.82) is 0 Å². The number of aliphatic carboxylic acids is 1. The van der Waals surface area contributed by atoms with Gasteiger partial charge in [0.1, 0.15) is 30.6 Å². The second kappa shape index (κ2) is 9.38. The summed E-state index contributed by atoms with van der Waals surface area (Å²) in [4.78, 5) is 20.4. The average molecular weight is 468 g/mol. The number of alkyl halides is 3. The number of carbonyl (C=O) groups excluding carboxylic acids is 2. The SMILES string of the molecule is CC1CC2(CC[N+]1(Cc1ccccc1)c1cccc(F)c1)COC(=O)N2.O=C([O-])C(F)(F)F. The van der Waals surface area contributed by atoms with Gasteiger partial charge in [-0.2, -0.15) is 13.2 Å². The molecule has 4 rings (SSSR count). The molecule has 2 aromatic rings. The second-order valence-corrected chi connectivity index (χ2v) is 8.45. The number of nitrogens with one attached hydrogen (secondary N) is 1. The minimum Gasteiger partial charge on any atom is -0.542 e. The van der Waals surface area contributed by atoms with Crippen LogP contribution >= 0.6 is 0 Å². The maximum Gasteiger partial charge on any atom is 0.430 e. The first-order chi connectivity index (χ1) is 15.5. The summed E-state index contributed by atoms with van der Waals surface area (Å²) in [5.74, 6) is -3.22. The van der Waals surface area contributed by atoms with Crippen molar-refractivity contribution in [2.45, 2.75) is 44.1 Å². The van der Waals surface area contributed by atoms with E-state index in [2.05, 4.69) is 24.4 Å². The molecule has 178 valence electrons. The first kappa shape index (κ1) is 24.5. The predicted octanol–water partition coefficient (Wildman–Crippen LogP) is 3.29. The van der Waals surface area contributed by atoms with Crippen LogP contribution < -0.4 is 14.9 Å². The largest absolute Gasteiger partial charge is 0.542 e. The van der Waals surface area contributed by atoms with Gasteiger partial charge in [-0.15, -0.1) is 0 Å². The Morgan fingerprint density at radius 3 is 2.39 bits per heavy atom. The molecule has 2 aliphatic rings. The molecular formula is C23H24F4N2O4. The normalized spacial score (nSPS) is 26.7. The lowest BCUT2D eigenvalue weighted by Gasteiger charge is -2.50. The number of rotatable bonds is 3. The van der Waals surface area contributed by atoms with Crippen molar-refractivity contribution in [3.05, 3.63) is 66.0 Å². The zero-order valence-corrected chi connectivity index (χ0v) is 17.9. The molecule has 0 saturated carbocycles. The van der Waals surface area contributed by atoms with Crippen molar-refractivity contribution >= 4 is 17.7 Å². The number of benzene rings is 2. The molecular weight excluding hydrogens is 444 g/mol. The van der Waals surface area contributed by atoms with Crippen molar-refractivity contribution in [1.82, 2.24) is 9.80 Å². The van der Waals surface area contributed by atoms with Crippen molar-refractivity contribution < 1.29 is 37.0 Å². The van der Waals surface area contributed by atoms with E-state index in [0.29, 0.717) is 11.1 Å². The molecule has 3 atom stereocenters. The fourth-order valence-corrected chi connectivity index (χ4v) is 4.59. The number of alkyl carbamates (subject to hydrolysis) is 1. The molecule has 0 aromatic heterocycles. The minimum absolute atomic E-state index is 0.210. The van der Waals surface area contributed by atoms with E-state index in [4.69, 9.17) is 14.6 Å². The summed E-state index contributed by atoms with van der Waals surface area (Å²) in [6.45, 7) is 4.24. The Morgan fingerprint density at radius 2 is 1.88 bits per heavy atom. The Labute approximate surface area is 188 Å². The van der Waals surface area contributed by atoms with E-state index in [1.165, 1.54) is 11.6 Å². The topological polar surface area (TPSA) is 78.5 Å². The van der Waals surface area contributed by atoms with Gasteiger partial charge in [0.25, 0.3) is 0 Å². The summed E-state index contributed by atoms with van der Waals surface area (Å²) >= 11 is 0. The predicted molar refractivity (Wildman–Crippen MR) is 110 cm³/mol. The molecule has 33 heavy (non-hydrogen) atoms. The molecule has 2 aliphatic heterocycles. The lowest BCUT2D eigenvalue weighted by molar-refractivity contribution is -0.344. The zero-order chi connectivity index (χ0) is 24.3. The molecule has 1 N–H and O–H groups in total. The number of likely N-dealkylation sites (tertiary alicyclic amines) is 1. The molecule has 2 fully saturated rings. The number of hydrogen-bond donors (Lipinski definition) is 1. The van der Waals surface area contributed by atoms with Crippen LogP contribution in [0.15, 0.2) is 54.6 Å². The van der Waals surface area contributed by atoms with Crippen LogP contribution in [-0.4, -0.2) is 43.0 Å². The van der Waals surface area contributed by atoms with Gasteiger partial charge < -0.3 is 20.0 Å². The molecule has 0 bridgehead atoms. The first-order valence-electron chi connectivity index (χ1n) is 10.4. The van der Waals surface area contributed by atoms with Crippen LogP contribution in [0.4, 0.5) is 28.0 Å². The third-order valence-electron chi connectivity index (χ3n) is 6.23.